The van der Waals surface area contributed by atoms with Crippen LogP contribution in [0.25, 0.3) is 40.0 Å². The molecule has 0 fully saturated rings. The molecule has 2 heterocycles. The molecule has 0 radical (unpaired) electrons. The van der Waals surface area contributed by atoms with Gasteiger partial charge in [-0.25, -0.2) is 4.68 Å². The highest BCUT2D eigenvalue weighted by atomic mass is 15.3. The SMILES string of the molecule is CC(C)(C)c1ccc(-n2nc(C=Cc3ccccc3)cc2-c2ccccc2)cc1C(C)(C)C.c1ccc2ncccc2c1. The third-order valence-electron chi connectivity index (χ3n) is 7.42. The summed E-state index contributed by atoms with van der Waals surface area (Å²) in [5.41, 5.74) is 9.36. The number of aromatic nitrogens is 3. The Kier molecular flexibility index (Phi) is 8.73. The van der Waals surface area contributed by atoms with E-state index in [1.54, 1.807) is 0 Å². The summed E-state index contributed by atoms with van der Waals surface area (Å²) in [5, 5.41) is 6.22. The topological polar surface area (TPSA) is 30.7 Å². The lowest BCUT2D eigenvalue weighted by Crippen LogP contribution is -2.22. The predicted molar refractivity (Wildman–Crippen MR) is 184 cm³/mol. The zero-order valence-corrected chi connectivity index (χ0v) is 26.1. The number of para-hydroxylation sites is 1. The van der Waals surface area contributed by atoms with E-state index in [0.29, 0.717) is 0 Å². The van der Waals surface area contributed by atoms with E-state index in [0.717, 1.165) is 33.7 Å². The molecule has 0 saturated carbocycles. The van der Waals surface area contributed by atoms with E-state index in [9.17, 15) is 0 Å². The smallest absolute Gasteiger partial charge is 0.0862 e. The van der Waals surface area contributed by atoms with Crippen molar-refractivity contribution in [3.05, 3.63) is 150 Å². The minimum absolute atomic E-state index is 0.0364. The van der Waals surface area contributed by atoms with Crippen LogP contribution in [0.15, 0.2) is 128 Å². The molecule has 6 aromatic rings. The summed E-state index contributed by atoms with van der Waals surface area (Å²) in [6, 6.07) is 41.9. The fourth-order valence-electron chi connectivity index (χ4n) is 5.19. The first-order valence-electron chi connectivity index (χ1n) is 14.9. The van der Waals surface area contributed by atoms with Gasteiger partial charge in [0.1, 0.15) is 0 Å². The highest BCUT2D eigenvalue weighted by molar-refractivity contribution is 5.77. The van der Waals surface area contributed by atoms with Gasteiger partial charge in [-0.1, -0.05) is 139 Å². The van der Waals surface area contributed by atoms with E-state index in [-0.39, 0.29) is 10.8 Å². The average molecular weight is 564 g/mol. The fourth-order valence-corrected chi connectivity index (χ4v) is 5.19. The Hall–Kier alpha value is -4.76. The molecule has 0 amide bonds. The van der Waals surface area contributed by atoms with Crippen molar-refractivity contribution < 1.29 is 0 Å². The molecule has 6 rings (SSSR count). The second-order valence-electron chi connectivity index (χ2n) is 12.9. The first-order valence-corrected chi connectivity index (χ1v) is 14.9. The van der Waals surface area contributed by atoms with Gasteiger partial charge in [0.15, 0.2) is 0 Å². The van der Waals surface area contributed by atoms with Gasteiger partial charge in [-0.3, -0.25) is 4.98 Å². The number of pyridine rings is 1. The Balaban J connectivity index is 0.000000308. The quantitative estimate of drug-likeness (QED) is 0.214. The van der Waals surface area contributed by atoms with Gasteiger partial charge in [-0.2, -0.15) is 5.10 Å². The molecule has 216 valence electrons. The van der Waals surface area contributed by atoms with Crippen LogP contribution in [-0.4, -0.2) is 14.8 Å². The van der Waals surface area contributed by atoms with Gasteiger partial charge in [0, 0.05) is 17.1 Å². The number of rotatable bonds is 4. The first-order chi connectivity index (χ1) is 20.6. The van der Waals surface area contributed by atoms with Crippen LogP contribution in [0.5, 0.6) is 0 Å². The number of nitrogens with zero attached hydrogens (tertiary/aromatic N) is 3. The van der Waals surface area contributed by atoms with Gasteiger partial charge in [0.25, 0.3) is 0 Å². The average Bonchev–Trinajstić information content (AvgIpc) is 3.45. The monoisotopic (exact) mass is 563 g/mol. The Morgan fingerprint density at radius 2 is 1.21 bits per heavy atom. The Morgan fingerprint density at radius 3 is 1.88 bits per heavy atom. The molecular weight excluding hydrogens is 522 g/mol. The van der Waals surface area contributed by atoms with Crippen molar-refractivity contribution in [3.63, 3.8) is 0 Å². The third-order valence-corrected chi connectivity index (χ3v) is 7.42. The molecule has 3 nitrogen and oxygen atoms in total. The molecule has 0 aliphatic carbocycles. The summed E-state index contributed by atoms with van der Waals surface area (Å²) in [4.78, 5) is 4.18. The minimum atomic E-state index is 0.0364. The normalized spacial score (nSPS) is 11.9. The number of fused-ring (bicyclic) bond motifs is 1. The van der Waals surface area contributed by atoms with Gasteiger partial charge >= 0.3 is 0 Å². The highest BCUT2D eigenvalue weighted by Gasteiger charge is 2.26. The maximum Gasteiger partial charge on any atom is 0.0862 e. The maximum atomic E-state index is 5.02. The molecule has 3 heteroatoms. The van der Waals surface area contributed by atoms with Gasteiger partial charge in [0.05, 0.1) is 22.6 Å². The van der Waals surface area contributed by atoms with Gasteiger partial charge in [-0.15, -0.1) is 0 Å². The van der Waals surface area contributed by atoms with Crippen LogP contribution >= 0.6 is 0 Å². The van der Waals surface area contributed by atoms with Crippen molar-refractivity contribution in [2.24, 2.45) is 0 Å². The van der Waals surface area contributed by atoms with Crippen LogP contribution in [-0.2, 0) is 10.8 Å². The van der Waals surface area contributed by atoms with E-state index in [1.165, 1.54) is 16.5 Å². The van der Waals surface area contributed by atoms with Crippen molar-refractivity contribution in [1.82, 2.24) is 14.8 Å². The van der Waals surface area contributed by atoms with Crippen molar-refractivity contribution in [2.75, 3.05) is 0 Å². The fraction of sp³-hybridized carbons (Fsp3) is 0.200. The third kappa shape index (κ3) is 7.37. The Labute approximate surface area is 256 Å². The number of hydrogen-bond donors (Lipinski definition) is 0. The molecule has 0 aliphatic rings. The Morgan fingerprint density at radius 1 is 0.581 bits per heavy atom. The van der Waals surface area contributed by atoms with E-state index in [1.807, 2.05) is 36.5 Å². The zero-order chi connectivity index (χ0) is 30.5. The van der Waals surface area contributed by atoms with Gasteiger partial charge in [-0.05, 0) is 63.9 Å². The molecule has 0 aliphatic heterocycles. The van der Waals surface area contributed by atoms with Crippen LogP contribution in [0.3, 0.4) is 0 Å². The maximum absolute atomic E-state index is 5.02. The number of benzene rings is 4. The molecule has 4 aromatic carbocycles. The van der Waals surface area contributed by atoms with Crippen molar-refractivity contribution >= 4 is 23.1 Å². The van der Waals surface area contributed by atoms with E-state index >= 15 is 0 Å². The van der Waals surface area contributed by atoms with Crippen molar-refractivity contribution in [3.8, 4) is 16.9 Å². The Bertz CT molecular complexity index is 1750. The van der Waals surface area contributed by atoms with Crippen LogP contribution in [0.1, 0.15) is 63.9 Å². The molecule has 0 spiro atoms. The summed E-state index contributed by atoms with van der Waals surface area (Å²) in [6.45, 7) is 13.7. The second-order valence-corrected chi connectivity index (χ2v) is 12.9. The largest absolute Gasteiger partial charge is 0.256 e. The van der Waals surface area contributed by atoms with E-state index in [2.05, 4.69) is 154 Å². The number of hydrogen-bond acceptors (Lipinski definition) is 2. The lowest BCUT2D eigenvalue weighted by molar-refractivity contribution is 0.529. The summed E-state index contributed by atoms with van der Waals surface area (Å²) in [5.74, 6) is 0. The second kappa shape index (κ2) is 12.6. The summed E-state index contributed by atoms with van der Waals surface area (Å²) >= 11 is 0. The lowest BCUT2D eigenvalue weighted by Gasteiger charge is -2.30. The minimum Gasteiger partial charge on any atom is -0.256 e. The molecule has 0 N–H and O–H groups in total. The van der Waals surface area contributed by atoms with Crippen LogP contribution in [0.4, 0.5) is 0 Å². The van der Waals surface area contributed by atoms with Gasteiger partial charge < -0.3 is 0 Å². The van der Waals surface area contributed by atoms with Crippen molar-refractivity contribution in [2.45, 2.75) is 52.4 Å². The van der Waals surface area contributed by atoms with Crippen LogP contribution < -0.4 is 0 Å². The highest BCUT2D eigenvalue weighted by Crippen LogP contribution is 2.36. The van der Waals surface area contributed by atoms with Crippen LogP contribution in [0.2, 0.25) is 0 Å². The van der Waals surface area contributed by atoms with E-state index < -0.39 is 0 Å². The van der Waals surface area contributed by atoms with Gasteiger partial charge in [0.2, 0.25) is 0 Å². The summed E-state index contributed by atoms with van der Waals surface area (Å²) < 4.78 is 2.08. The molecule has 2 aromatic heterocycles. The zero-order valence-electron chi connectivity index (χ0n) is 26.1. The molecule has 0 bridgehead atoms. The molecule has 0 atom stereocenters. The first kappa shape index (κ1) is 29.7. The molecular formula is C40H41N3. The molecule has 0 unspecified atom stereocenters. The summed E-state index contributed by atoms with van der Waals surface area (Å²) in [6.07, 6.45) is 6.01. The molecule has 43 heavy (non-hydrogen) atoms. The molecule has 0 saturated heterocycles. The van der Waals surface area contributed by atoms with E-state index in [4.69, 9.17) is 5.10 Å². The van der Waals surface area contributed by atoms with Crippen LogP contribution in [0, 0.1) is 0 Å². The predicted octanol–water partition coefficient (Wildman–Crippen LogP) is 10.5. The lowest BCUT2D eigenvalue weighted by atomic mass is 9.75. The standard InChI is InChI=1S/C31H34N2.C9H7N/c1-30(2,3)27-20-19-26(22-28(27)31(4,5)6)33-29(24-15-11-8-12-16-24)21-25(32-33)18-17-23-13-9-7-10-14-23;1-2-6-9-8(4-1)5-3-7-10-9/h7-22H,1-6H3;1-7H. The summed E-state index contributed by atoms with van der Waals surface area (Å²) in [7, 11) is 0. The van der Waals surface area contributed by atoms with Crippen molar-refractivity contribution in [1.29, 1.82) is 0 Å².